The summed E-state index contributed by atoms with van der Waals surface area (Å²) in [6.45, 7) is 8.10. The average Bonchev–Trinajstić information content (AvgIpc) is 3.02. The van der Waals surface area contributed by atoms with E-state index in [-0.39, 0.29) is 23.0 Å². The van der Waals surface area contributed by atoms with Crippen LogP contribution < -0.4 is 9.47 Å². The van der Waals surface area contributed by atoms with Crippen LogP contribution in [0.5, 0.6) is 11.5 Å². The maximum absolute atomic E-state index is 11.7. The lowest BCUT2D eigenvalue weighted by molar-refractivity contribution is -0.125. The number of ether oxygens (including phenoxy) is 2. The molecule has 3 aliphatic rings. The Morgan fingerprint density at radius 2 is 2.04 bits per heavy atom. The lowest BCUT2D eigenvalue weighted by atomic mass is 9.61. The van der Waals surface area contributed by atoms with Crippen LogP contribution in [0.15, 0.2) is 17.7 Å². The molecule has 2 heterocycles. The quantitative estimate of drug-likeness (QED) is 0.608. The first-order valence-corrected chi connectivity index (χ1v) is 10.0. The summed E-state index contributed by atoms with van der Waals surface area (Å²) < 4.78 is 12.7. The van der Waals surface area contributed by atoms with Crippen LogP contribution in [0.4, 0.5) is 0 Å². The van der Waals surface area contributed by atoms with Crippen LogP contribution in [0.25, 0.3) is 0 Å². The molecule has 0 saturated heterocycles. The maximum Gasteiger partial charge on any atom is 0.154 e. The topological polar surface area (TPSA) is 72.8 Å². The predicted molar refractivity (Wildman–Crippen MR) is 105 cm³/mol. The Hall–Kier alpha value is -2.14. The minimum atomic E-state index is -0.989. The highest BCUT2D eigenvalue weighted by Gasteiger charge is 2.61. The third-order valence-corrected chi connectivity index (χ3v) is 6.83. The molecule has 5 atom stereocenters. The molecule has 28 heavy (non-hydrogen) atoms. The zero-order chi connectivity index (χ0) is 20.3. The average molecular weight is 384 g/mol. The zero-order valence-electron chi connectivity index (χ0n) is 17.0. The molecule has 0 unspecified atom stereocenters. The van der Waals surface area contributed by atoms with Crippen LogP contribution >= 0.6 is 0 Å². The van der Waals surface area contributed by atoms with E-state index in [1.807, 2.05) is 0 Å². The number of aldehydes is 2. The van der Waals surface area contributed by atoms with Gasteiger partial charge in [0.05, 0.1) is 11.2 Å². The Balaban J connectivity index is 1.86. The summed E-state index contributed by atoms with van der Waals surface area (Å²) in [6, 6.07) is 1.67. The summed E-state index contributed by atoms with van der Waals surface area (Å²) in [5.41, 5.74) is 1.24. The molecule has 1 saturated carbocycles. The third-order valence-electron chi connectivity index (χ3n) is 6.83. The molecule has 1 aromatic carbocycles. The first-order valence-electron chi connectivity index (χ1n) is 10.0. The van der Waals surface area contributed by atoms with Gasteiger partial charge in [-0.1, -0.05) is 11.6 Å². The molecule has 1 N–H and O–H groups in total. The van der Waals surface area contributed by atoms with Gasteiger partial charge in [0.15, 0.2) is 12.6 Å². The van der Waals surface area contributed by atoms with Crippen molar-refractivity contribution in [2.75, 3.05) is 0 Å². The van der Waals surface area contributed by atoms with Gasteiger partial charge in [-0.15, -0.1) is 0 Å². The fourth-order valence-electron chi connectivity index (χ4n) is 5.37. The molecule has 150 valence electrons. The predicted octanol–water partition coefficient (Wildman–Crippen LogP) is 4.21. The lowest BCUT2D eigenvalue weighted by Gasteiger charge is -2.51. The molecule has 0 aromatic heterocycles. The molecule has 4 rings (SSSR count). The second kappa shape index (κ2) is 6.45. The van der Waals surface area contributed by atoms with Gasteiger partial charge >= 0.3 is 0 Å². The van der Waals surface area contributed by atoms with Crippen LogP contribution in [-0.4, -0.2) is 35.0 Å². The Morgan fingerprint density at radius 1 is 1.29 bits per heavy atom. The highest BCUT2D eigenvalue weighted by atomic mass is 16.5. The van der Waals surface area contributed by atoms with Gasteiger partial charge in [0.2, 0.25) is 0 Å². The third kappa shape index (κ3) is 2.71. The van der Waals surface area contributed by atoms with Crippen LogP contribution in [-0.2, 0) is 0 Å². The van der Waals surface area contributed by atoms with E-state index in [1.165, 1.54) is 5.57 Å². The highest BCUT2D eigenvalue weighted by molar-refractivity contribution is 5.95. The Bertz CT molecular complexity index is 864. The van der Waals surface area contributed by atoms with E-state index >= 15 is 0 Å². The van der Waals surface area contributed by atoms with E-state index in [2.05, 4.69) is 26.8 Å². The number of allylic oxidation sites excluding steroid dienone is 2. The summed E-state index contributed by atoms with van der Waals surface area (Å²) >= 11 is 0. The minimum Gasteiger partial charge on any atom is -0.487 e. The van der Waals surface area contributed by atoms with Crippen molar-refractivity contribution in [3.63, 3.8) is 0 Å². The fraction of sp³-hybridized carbons (Fsp3) is 0.565. The van der Waals surface area contributed by atoms with Crippen molar-refractivity contribution in [2.24, 2.45) is 5.92 Å². The molecular weight excluding hydrogens is 356 g/mol. The van der Waals surface area contributed by atoms with Gasteiger partial charge in [-0.3, -0.25) is 9.59 Å². The van der Waals surface area contributed by atoms with Crippen LogP contribution in [0, 0.1) is 5.92 Å². The molecule has 1 fully saturated rings. The van der Waals surface area contributed by atoms with Crippen molar-refractivity contribution in [3.05, 3.63) is 34.4 Å². The van der Waals surface area contributed by atoms with Gasteiger partial charge in [0.1, 0.15) is 23.2 Å². The van der Waals surface area contributed by atoms with Crippen molar-refractivity contribution < 1.29 is 24.2 Å². The van der Waals surface area contributed by atoms with Crippen molar-refractivity contribution in [2.45, 2.75) is 76.6 Å². The first kappa shape index (κ1) is 19.2. The number of benzene rings is 1. The largest absolute Gasteiger partial charge is 0.487 e. The van der Waals surface area contributed by atoms with Gasteiger partial charge in [-0.25, -0.2) is 0 Å². The van der Waals surface area contributed by atoms with E-state index in [4.69, 9.17) is 9.47 Å². The molecule has 0 amide bonds. The van der Waals surface area contributed by atoms with Crippen LogP contribution in [0.3, 0.4) is 0 Å². The van der Waals surface area contributed by atoms with E-state index in [9.17, 15) is 14.7 Å². The van der Waals surface area contributed by atoms with Gasteiger partial charge in [-0.05, 0) is 59.4 Å². The Morgan fingerprint density at radius 3 is 2.68 bits per heavy atom. The van der Waals surface area contributed by atoms with E-state index in [0.29, 0.717) is 30.5 Å². The number of hydrogen-bond donors (Lipinski definition) is 1. The zero-order valence-corrected chi connectivity index (χ0v) is 17.0. The smallest absolute Gasteiger partial charge is 0.154 e. The molecule has 0 bridgehead atoms. The molecule has 2 aliphatic heterocycles. The standard InChI is InChI=1S/C23H28O5/c1-13(2)6-5-8-23(4)16-7-9-22(3,26)21-18(16)19-17(28-23)10-14(11-24)15(12-25)20(19)27-21/h6,10-12,16,18,21,26H,5,7-9H2,1-4H3/t16-,18+,21-,22+,23+/m1/s1. The second-order valence-corrected chi connectivity index (χ2v) is 9.16. The minimum absolute atomic E-state index is 0.0430. The van der Waals surface area contributed by atoms with E-state index in [0.717, 1.165) is 24.8 Å². The van der Waals surface area contributed by atoms with Crippen molar-refractivity contribution in [3.8, 4) is 11.5 Å². The van der Waals surface area contributed by atoms with Crippen molar-refractivity contribution >= 4 is 12.6 Å². The molecule has 1 aliphatic carbocycles. The lowest BCUT2D eigenvalue weighted by Crippen LogP contribution is -2.57. The highest BCUT2D eigenvalue weighted by Crippen LogP contribution is 2.62. The monoisotopic (exact) mass is 384 g/mol. The molecule has 5 heteroatoms. The molecule has 5 nitrogen and oxygen atoms in total. The summed E-state index contributed by atoms with van der Waals surface area (Å²) in [4.78, 5) is 23.3. The SMILES string of the molecule is CC(C)=CCC[C@]1(C)Oc2cc(C=O)c(C=O)c3c2[C@H]2[C@@H](O3)[C@@](C)(O)CC[C@H]21. The van der Waals surface area contributed by atoms with E-state index in [1.54, 1.807) is 13.0 Å². The van der Waals surface area contributed by atoms with Crippen LogP contribution in [0.1, 0.15) is 85.6 Å². The van der Waals surface area contributed by atoms with Crippen LogP contribution in [0.2, 0.25) is 0 Å². The normalized spacial score (nSPS) is 34.7. The number of hydrogen-bond acceptors (Lipinski definition) is 5. The summed E-state index contributed by atoms with van der Waals surface area (Å²) in [6.07, 6.45) is 6.29. The Labute approximate surface area is 165 Å². The number of aliphatic hydroxyl groups is 1. The maximum atomic E-state index is 11.7. The summed E-state index contributed by atoms with van der Waals surface area (Å²) in [5, 5.41) is 11.0. The molecule has 1 aromatic rings. The number of carbonyl (C=O) groups excluding carboxylic acids is 2. The van der Waals surface area contributed by atoms with Gasteiger partial charge in [0.25, 0.3) is 0 Å². The molecular formula is C23H28O5. The summed E-state index contributed by atoms with van der Waals surface area (Å²) in [5.74, 6) is 1.17. The van der Waals surface area contributed by atoms with E-state index < -0.39 is 17.3 Å². The Kier molecular flexibility index (Phi) is 4.42. The van der Waals surface area contributed by atoms with Crippen molar-refractivity contribution in [1.29, 1.82) is 0 Å². The van der Waals surface area contributed by atoms with Gasteiger partial charge in [-0.2, -0.15) is 0 Å². The number of rotatable bonds is 5. The molecule has 0 spiro atoms. The van der Waals surface area contributed by atoms with Gasteiger partial charge < -0.3 is 14.6 Å². The van der Waals surface area contributed by atoms with Crippen molar-refractivity contribution in [1.82, 2.24) is 0 Å². The first-order chi connectivity index (χ1) is 13.2. The van der Waals surface area contributed by atoms with Gasteiger partial charge in [0, 0.05) is 23.0 Å². The summed E-state index contributed by atoms with van der Waals surface area (Å²) in [7, 11) is 0. The molecule has 0 radical (unpaired) electrons. The second-order valence-electron chi connectivity index (χ2n) is 9.16. The number of carbonyl (C=O) groups is 2. The fourth-order valence-corrected chi connectivity index (χ4v) is 5.37.